The molecule has 2 rings (SSSR count). The zero-order valence-electron chi connectivity index (χ0n) is 12.4. The van der Waals surface area contributed by atoms with Gasteiger partial charge in [-0.3, -0.25) is 14.5 Å². The lowest BCUT2D eigenvalue weighted by molar-refractivity contribution is -0.148. The van der Waals surface area contributed by atoms with E-state index in [1.807, 2.05) is 6.92 Å². The lowest BCUT2D eigenvalue weighted by Gasteiger charge is -2.28. The van der Waals surface area contributed by atoms with Crippen molar-refractivity contribution in [1.82, 2.24) is 4.90 Å². The van der Waals surface area contributed by atoms with Crippen LogP contribution in [0, 0.1) is 17.2 Å². The fourth-order valence-corrected chi connectivity index (χ4v) is 2.46. The monoisotopic (exact) mass is 300 g/mol. The van der Waals surface area contributed by atoms with E-state index in [9.17, 15) is 14.4 Å². The molecule has 22 heavy (non-hydrogen) atoms. The van der Waals surface area contributed by atoms with Crippen molar-refractivity contribution >= 4 is 17.8 Å². The molecule has 1 heterocycles. The number of hydrogen-bond donors (Lipinski definition) is 0. The molecule has 1 aliphatic heterocycles. The minimum absolute atomic E-state index is 0.270. The first-order chi connectivity index (χ1) is 10.5. The van der Waals surface area contributed by atoms with Gasteiger partial charge in [-0.25, -0.2) is 4.79 Å². The summed E-state index contributed by atoms with van der Waals surface area (Å²) in [5, 5.41) is 8.53. The third-order valence-electron chi connectivity index (χ3n) is 3.81. The van der Waals surface area contributed by atoms with Crippen molar-refractivity contribution in [3.63, 3.8) is 0 Å². The molecule has 1 aromatic rings. The minimum atomic E-state index is -1.02. The van der Waals surface area contributed by atoms with Crippen molar-refractivity contribution in [3.05, 3.63) is 35.4 Å². The Morgan fingerprint density at radius 3 is 2.27 bits per heavy atom. The van der Waals surface area contributed by atoms with Crippen molar-refractivity contribution in [2.45, 2.75) is 26.3 Å². The average molecular weight is 300 g/mol. The zero-order chi connectivity index (χ0) is 16.3. The van der Waals surface area contributed by atoms with Gasteiger partial charge >= 0.3 is 5.97 Å². The second kappa shape index (κ2) is 6.39. The fraction of sp³-hybridized carbons (Fsp3) is 0.375. The van der Waals surface area contributed by atoms with Crippen LogP contribution < -0.4 is 0 Å². The van der Waals surface area contributed by atoms with Gasteiger partial charge in [-0.05, 0) is 18.1 Å². The summed E-state index contributed by atoms with van der Waals surface area (Å²) >= 11 is 0. The summed E-state index contributed by atoms with van der Waals surface area (Å²) in [6, 6.07) is 7.14. The highest BCUT2D eigenvalue weighted by Crippen LogP contribution is 2.28. The molecule has 0 spiro atoms. The van der Waals surface area contributed by atoms with Crippen molar-refractivity contribution in [2.24, 2.45) is 5.92 Å². The molecule has 1 aliphatic rings. The number of benzene rings is 1. The number of rotatable bonds is 5. The lowest BCUT2D eigenvalue weighted by Crippen LogP contribution is -2.49. The Morgan fingerprint density at radius 1 is 1.27 bits per heavy atom. The first kappa shape index (κ1) is 15.7. The third-order valence-corrected chi connectivity index (χ3v) is 3.81. The Morgan fingerprint density at radius 2 is 1.82 bits per heavy atom. The van der Waals surface area contributed by atoms with Gasteiger partial charge in [0.2, 0.25) is 0 Å². The molecule has 0 saturated heterocycles. The summed E-state index contributed by atoms with van der Waals surface area (Å²) in [6.07, 6.45) is 0.583. The molecule has 0 aromatic heterocycles. The molecule has 0 unspecified atom stereocenters. The lowest BCUT2D eigenvalue weighted by atomic mass is 9.97. The average Bonchev–Trinajstić information content (AvgIpc) is 2.78. The molecule has 0 fully saturated rings. The molecule has 2 amide bonds. The SMILES string of the molecule is CC[C@H](C)[C@@H](C(=O)OCC#N)N1C(=O)c2ccccc2C1=O. The maximum absolute atomic E-state index is 12.5. The van der Waals surface area contributed by atoms with E-state index >= 15 is 0 Å². The van der Waals surface area contributed by atoms with Crippen LogP contribution in [0.3, 0.4) is 0 Å². The van der Waals surface area contributed by atoms with Gasteiger partial charge in [-0.2, -0.15) is 5.26 Å². The van der Waals surface area contributed by atoms with E-state index in [1.54, 1.807) is 37.3 Å². The number of imide groups is 1. The molecular formula is C16H16N2O4. The van der Waals surface area contributed by atoms with E-state index in [-0.39, 0.29) is 17.0 Å². The fourth-order valence-electron chi connectivity index (χ4n) is 2.46. The highest BCUT2D eigenvalue weighted by Gasteiger charge is 2.45. The minimum Gasteiger partial charge on any atom is -0.449 e. The number of carbonyl (C=O) groups is 3. The third kappa shape index (κ3) is 2.58. The van der Waals surface area contributed by atoms with Crippen LogP contribution in [0.25, 0.3) is 0 Å². The van der Waals surface area contributed by atoms with Crippen LogP contribution >= 0.6 is 0 Å². The zero-order valence-corrected chi connectivity index (χ0v) is 12.4. The Balaban J connectivity index is 2.38. The molecule has 0 radical (unpaired) electrons. The van der Waals surface area contributed by atoms with Gasteiger partial charge in [0.15, 0.2) is 6.61 Å². The van der Waals surface area contributed by atoms with E-state index in [4.69, 9.17) is 10.00 Å². The second-order valence-corrected chi connectivity index (χ2v) is 5.12. The highest BCUT2D eigenvalue weighted by molar-refractivity contribution is 6.22. The van der Waals surface area contributed by atoms with Crippen molar-refractivity contribution in [3.8, 4) is 6.07 Å². The van der Waals surface area contributed by atoms with E-state index in [1.165, 1.54) is 0 Å². The first-order valence-corrected chi connectivity index (χ1v) is 7.03. The molecule has 0 aliphatic carbocycles. The Labute approximate surface area is 128 Å². The van der Waals surface area contributed by atoms with Gasteiger partial charge in [-0.15, -0.1) is 0 Å². The van der Waals surface area contributed by atoms with Crippen LogP contribution in [0.2, 0.25) is 0 Å². The summed E-state index contributed by atoms with van der Waals surface area (Å²) < 4.78 is 4.84. The predicted octanol–water partition coefficient (Wildman–Crippen LogP) is 1.76. The van der Waals surface area contributed by atoms with Crippen LogP contribution in [0.1, 0.15) is 41.0 Å². The number of esters is 1. The quantitative estimate of drug-likeness (QED) is 0.611. The van der Waals surface area contributed by atoms with Gasteiger partial charge in [0, 0.05) is 0 Å². The number of ether oxygens (including phenoxy) is 1. The van der Waals surface area contributed by atoms with E-state index < -0.39 is 30.4 Å². The number of fused-ring (bicyclic) bond motifs is 1. The van der Waals surface area contributed by atoms with Gasteiger partial charge in [0.05, 0.1) is 11.1 Å². The van der Waals surface area contributed by atoms with Crippen LogP contribution in [0.5, 0.6) is 0 Å². The van der Waals surface area contributed by atoms with Gasteiger partial charge < -0.3 is 4.74 Å². The molecule has 6 heteroatoms. The standard InChI is InChI=1S/C16H16N2O4/c1-3-10(2)13(16(21)22-9-8-17)18-14(19)11-6-4-5-7-12(11)15(18)20/h4-7,10,13H,3,9H2,1-2H3/t10-,13-/m0/s1. The van der Waals surface area contributed by atoms with Crippen molar-refractivity contribution in [2.75, 3.05) is 6.61 Å². The van der Waals surface area contributed by atoms with Crippen LogP contribution in [-0.2, 0) is 9.53 Å². The van der Waals surface area contributed by atoms with Crippen LogP contribution in [0.4, 0.5) is 0 Å². The largest absolute Gasteiger partial charge is 0.449 e. The highest BCUT2D eigenvalue weighted by atomic mass is 16.5. The molecule has 0 N–H and O–H groups in total. The Bertz CT molecular complexity index is 627. The smallest absolute Gasteiger partial charge is 0.330 e. The van der Waals surface area contributed by atoms with Crippen molar-refractivity contribution < 1.29 is 19.1 Å². The van der Waals surface area contributed by atoms with Crippen molar-refractivity contribution in [1.29, 1.82) is 5.26 Å². The van der Waals surface area contributed by atoms with Crippen LogP contribution in [-0.4, -0.2) is 35.3 Å². The van der Waals surface area contributed by atoms with E-state index in [0.29, 0.717) is 6.42 Å². The summed E-state index contributed by atoms with van der Waals surface area (Å²) in [5.74, 6) is -2.00. The summed E-state index contributed by atoms with van der Waals surface area (Å²) in [5.41, 5.74) is 0.572. The summed E-state index contributed by atoms with van der Waals surface area (Å²) in [6.45, 7) is 3.21. The second-order valence-electron chi connectivity index (χ2n) is 5.12. The van der Waals surface area contributed by atoms with E-state index in [2.05, 4.69) is 0 Å². The number of hydrogen-bond acceptors (Lipinski definition) is 5. The topological polar surface area (TPSA) is 87.5 Å². The van der Waals surface area contributed by atoms with Gasteiger partial charge in [0.1, 0.15) is 12.1 Å². The molecule has 0 bridgehead atoms. The maximum Gasteiger partial charge on any atom is 0.330 e. The summed E-state index contributed by atoms with van der Waals surface area (Å²) in [4.78, 5) is 38.1. The number of carbonyl (C=O) groups excluding carboxylic acids is 3. The molecule has 114 valence electrons. The Hall–Kier alpha value is -2.68. The normalized spacial score (nSPS) is 16.0. The number of nitriles is 1. The molecular weight excluding hydrogens is 284 g/mol. The molecule has 2 atom stereocenters. The van der Waals surface area contributed by atoms with Crippen LogP contribution in [0.15, 0.2) is 24.3 Å². The summed E-state index contributed by atoms with van der Waals surface area (Å²) in [7, 11) is 0. The molecule has 1 aromatic carbocycles. The predicted molar refractivity (Wildman–Crippen MR) is 76.8 cm³/mol. The Kier molecular flexibility index (Phi) is 4.56. The van der Waals surface area contributed by atoms with E-state index in [0.717, 1.165) is 4.90 Å². The van der Waals surface area contributed by atoms with Gasteiger partial charge in [-0.1, -0.05) is 32.4 Å². The molecule has 6 nitrogen and oxygen atoms in total. The maximum atomic E-state index is 12.5. The number of amides is 2. The number of nitrogens with zero attached hydrogens (tertiary/aromatic N) is 2. The van der Waals surface area contributed by atoms with Gasteiger partial charge in [0.25, 0.3) is 11.8 Å². The first-order valence-electron chi connectivity index (χ1n) is 7.03. The molecule has 0 saturated carbocycles.